The number of amides is 1. The highest BCUT2D eigenvalue weighted by Crippen LogP contribution is 2.22. The Morgan fingerprint density at radius 3 is 2.65 bits per heavy atom. The van der Waals surface area contributed by atoms with E-state index in [0.717, 1.165) is 5.69 Å². The standard InChI is InChI=1S/C15H18FN3O/c1-9-6-5-7-10(13(9)16)14(20)17-12-8-11(18-19-12)15(2,3)4/h5-8H,1-4H3,(H2,17,18,19,20). The molecule has 0 radical (unpaired) electrons. The van der Waals surface area contributed by atoms with Crippen molar-refractivity contribution in [3.8, 4) is 0 Å². The summed E-state index contributed by atoms with van der Waals surface area (Å²) in [5, 5.41) is 9.49. The maximum atomic E-state index is 13.9. The van der Waals surface area contributed by atoms with Gasteiger partial charge in [0.15, 0.2) is 5.82 Å². The van der Waals surface area contributed by atoms with Crippen molar-refractivity contribution in [1.82, 2.24) is 10.2 Å². The fourth-order valence-electron chi connectivity index (χ4n) is 1.78. The molecule has 2 rings (SSSR count). The molecule has 0 aliphatic rings. The van der Waals surface area contributed by atoms with E-state index in [9.17, 15) is 9.18 Å². The topological polar surface area (TPSA) is 57.8 Å². The Morgan fingerprint density at radius 2 is 2.05 bits per heavy atom. The number of carbonyl (C=O) groups is 1. The quantitative estimate of drug-likeness (QED) is 0.882. The van der Waals surface area contributed by atoms with Gasteiger partial charge in [0.25, 0.3) is 5.91 Å². The lowest BCUT2D eigenvalue weighted by Crippen LogP contribution is -2.14. The number of benzene rings is 1. The van der Waals surface area contributed by atoms with E-state index in [0.29, 0.717) is 11.4 Å². The Kier molecular flexibility index (Phi) is 3.61. The van der Waals surface area contributed by atoms with Crippen LogP contribution < -0.4 is 5.32 Å². The molecule has 1 amide bonds. The number of hydrogen-bond acceptors (Lipinski definition) is 2. The summed E-state index contributed by atoms with van der Waals surface area (Å²) < 4.78 is 13.9. The predicted octanol–water partition coefficient (Wildman–Crippen LogP) is 3.41. The maximum absolute atomic E-state index is 13.9. The Hall–Kier alpha value is -2.17. The first-order valence-corrected chi connectivity index (χ1v) is 6.41. The zero-order valence-electron chi connectivity index (χ0n) is 12.0. The number of carbonyl (C=O) groups excluding carboxylic acids is 1. The monoisotopic (exact) mass is 275 g/mol. The van der Waals surface area contributed by atoms with E-state index in [4.69, 9.17) is 0 Å². The van der Waals surface area contributed by atoms with Crippen molar-refractivity contribution >= 4 is 11.7 Å². The van der Waals surface area contributed by atoms with Gasteiger partial charge in [-0.3, -0.25) is 9.89 Å². The molecule has 0 aliphatic heterocycles. The lowest BCUT2D eigenvalue weighted by molar-refractivity contribution is 0.102. The molecule has 1 aromatic heterocycles. The van der Waals surface area contributed by atoms with Gasteiger partial charge in [-0.15, -0.1) is 0 Å². The minimum absolute atomic E-state index is 0.0188. The Labute approximate surface area is 117 Å². The number of nitrogens with one attached hydrogen (secondary N) is 2. The molecule has 0 saturated heterocycles. The number of aryl methyl sites for hydroxylation is 1. The maximum Gasteiger partial charge on any atom is 0.259 e. The van der Waals surface area contributed by atoms with Crippen molar-refractivity contribution in [1.29, 1.82) is 0 Å². The van der Waals surface area contributed by atoms with Crippen LogP contribution in [0, 0.1) is 12.7 Å². The van der Waals surface area contributed by atoms with Crippen molar-refractivity contribution in [2.45, 2.75) is 33.1 Å². The molecule has 0 spiro atoms. The van der Waals surface area contributed by atoms with Gasteiger partial charge in [-0.25, -0.2) is 4.39 Å². The summed E-state index contributed by atoms with van der Waals surface area (Å²) in [6.07, 6.45) is 0. The Morgan fingerprint density at radius 1 is 1.35 bits per heavy atom. The molecule has 0 unspecified atom stereocenters. The average Bonchev–Trinajstić information content (AvgIpc) is 2.81. The average molecular weight is 275 g/mol. The minimum atomic E-state index is -0.503. The third-order valence-corrected chi connectivity index (χ3v) is 3.06. The van der Waals surface area contributed by atoms with Crippen molar-refractivity contribution in [2.24, 2.45) is 0 Å². The van der Waals surface area contributed by atoms with Gasteiger partial charge in [-0.05, 0) is 18.6 Å². The van der Waals surface area contributed by atoms with Crippen LogP contribution in [0.15, 0.2) is 24.3 Å². The molecule has 5 heteroatoms. The first kappa shape index (κ1) is 14.2. The predicted molar refractivity (Wildman–Crippen MR) is 76.4 cm³/mol. The summed E-state index contributed by atoms with van der Waals surface area (Å²) in [5.41, 5.74) is 1.27. The van der Waals surface area contributed by atoms with Gasteiger partial charge in [0, 0.05) is 17.2 Å². The molecule has 0 fully saturated rings. The molecular weight excluding hydrogens is 257 g/mol. The van der Waals surface area contributed by atoms with E-state index in [1.807, 2.05) is 20.8 Å². The van der Waals surface area contributed by atoms with Crippen molar-refractivity contribution < 1.29 is 9.18 Å². The number of rotatable bonds is 2. The highest BCUT2D eigenvalue weighted by atomic mass is 19.1. The molecule has 0 atom stereocenters. The van der Waals surface area contributed by atoms with Gasteiger partial charge in [0.2, 0.25) is 0 Å². The fraction of sp³-hybridized carbons (Fsp3) is 0.333. The first-order chi connectivity index (χ1) is 9.29. The van der Waals surface area contributed by atoms with Crippen LogP contribution in [0.2, 0.25) is 0 Å². The molecule has 4 nitrogen and oxygen atoms in total. The van der Waals surface area contributed by atoms with Crippen LogP contribution in [0.1, 0.15) is 42.4 Å². The second-order valence-corrected chi connectivity index (χ2v) is 5.81. The molecule has 1 heterocycles. The van der Waals surface area contributed by atoms with E-state index in [-0.39, 0.29) is 11.0 Å². The zero-order valence-corrected chi connectivity index (χ0v) is 12.0. The number of H-pyrrole nitrogens is 1. The van der Waals surface area contributed by atoms with Crippen LogP contribution in [0.25, 0.3) is 0 Å². The number of halogens is 1. The Balaban J connectivity index is 2.20. The molecule has 0 aliphatic carbocycles. The number of hydrogen-bond donors (Lipinski definition) is 2. The number of nitrogens with zero attached hydrogens (tertiary/aromatic N) is 1. The summed E-state index contributed by atoms with van der Waals surface area (Å²) in [4.78, 5) is 12.0. The largest absolute Gasteiger partial charge is 0.305 e. The summed E-state index contributed by atoms with van der Waals surface area (Å²) in [6, 6.07) is 6.48. The first-order valence-electron chi connectivity index (χ1n) is 6.41. The van der Waals surface area contributed by atoms with Crippen LogP contribution in [-0.4, -0.2) is 16.1 Å². The number of aromatic amines is 1. The highest BCUT2D eigenvalue weighted by Gasteiger charge is 2.19. The SMILES string of the molecule is Cc1cccc(C(=O)Nc2cc(C(C)(C)C)[nH]n2)c1F. The summed E-state index contributed by atoms with van der Waals surface area (Å²) in [6.45, 7) is 7.73. The lowest BCUT2D eigenvalue weighted by atomic mass is 9.92. The van der Waals surface area contributed by atoms with Crippen molar-refractivity contribution in [3.63, 3.8) is 0 Å². The second-order valence-electron chi connectivity index (χ2n) is 5.81. The Bertz CT molecular complexity index is 641. The van der Waals surface area contributed by atoms with E-state index in [2.05, 4.69) is 15.5 Å². The van der Waals surface area contributed by atoms with Crippen LogP contribution in [0.5, 0.6) is 0 Å². The van der Waals surface area contributed by atoms with E-state index >= 15 is 0 Å². The van der Waals surface area contributed by atoms with Crippen LogP contribution >= 0.6 is 0 Å². The molecule has 20 heavy (non-hydrogen) atoms. The molecule has 2 N–H and O–H groups in total. The molecular formula is C15H18FN3O. The molecule has 2 aromatic rings. The van der Waals surface area contributed by atoms with Crippen molar-refractivity contribution in [2.75, 3.05) is 5.32 Å². The second kappa shape index (κ2) is 5.07. The van der Waals surface area contributed by atoms with Gasteiger partial charge in [0.05, 0.1) is 5.56 Å². The molecule has 0 bridgehead atoms. The summed E-state index contributed by atoms with van der Waals surface area (Å²) >= 11 is 0. The molecule has 0 saturated carbocycles. The summed E-state index contributed by atoms with van der Waals surface area (Å²) in [5.74, 6) is -0.615. The van der Waals surface area contributed by atoms with E-state index < -0.39 is 11.7 Å². The van der Waals surface area contributed by atoms with Gasteiger partial charge in [-0.1, -0.05) is 32.9 Å². The van der Waals surface area contributed by atoms with Crippen LogP contribution in [-0.2, 0) is 5.41 Å². The normalized spacial score (nSPS) is 11.4. The van der Waals surface area contributed by atoms with Crippen LogP contribution in [0.3, 0.4) is 0 Å². The highest BCUT2D eigenvalue weighted by molar-refractivity contribution is 6.04. The minimum Gasteiger partial charge on any atom is -0.305 e. The van der Waals surface area contributed by atoms with Crippen LogP contribution in [0.4, 0.5) is 10.2 Å². The van der Waals surface area contributed by atoms with Gasteiger partial charge in [0.1, 0.15) is 5.82 Å². The summed E-state index contributed by atoms with van der Waals surface area (Å²) in [7, 11) is 0. The van der Waals surface area contributed by atoms with Gasteiger partial charge >= 0.3 is 0 Å². The molecule has 1 aromatic carbocycles. The smallest absolute Gasteiger partial charge is 0.259 e. The van der Waals surface area contributed by atoms with Gasteiger partial charge < -0.3 is 5.32 Å². The number of aromatic nitrogens is 2. The molecule has 106 valence electrons. The number of anilines is 1. The fourth-order valence-corrected chi connectivity index (χ4v) is 1.78. The lowest BCUT2D eigenvalue weighted by Gasteiger charge is -2.14. The van der Waals surface area contributed by atoms with E-state index in [1.54, 1.807) is 25.1 Å². The van der Waals surface area contributed by atoms with E-state index in [1.165, 1.54) is 6.07 Å². The van der Waals surface area contributed by atoms with Gasteiger partial charge in [-0.2, -0.15) is 5.10 Å². The zero-order chi connectivity index (χ0) is 14.9. The third kappa shape index (κ3) is 2.87. The van der Waals surface area contributed by atoms with Crippen molar-refractivity contribution in [3.05, 3.63) is 46.9 Å². The third-order valence-electron chi connectivity index (χ3n) is 3.06.